The van der Waals surface area contributed by atoms with Crippen molar-refractivity contribution in [3.05, 3.63) is 47.1 Å². The Kier molecular flexibility index (Phi) is 8.44. The molecule has 2 nitrogen and oxygen atoms in total. The van der Waals surface area contributed by atoms with Crippen LogP contribution in [0.3, 0.4) is 0 Å². The van der Waals surface area contributed by atoms with Crippen molar-refractivity contribution in [2.75, 3.05) is 6.61 Å². The third-order valence-electron chi connectivity index (χ3n) is 4.64. The van der Waals surface area contributed by atoms with Gasteiger partial charge >= 0.3 is 0 Å². The molecule has 0 saturated heterocycles. The third-order valence-corrected chi connectivity index (χ3v) is 4.64. The summed E-state index contributed by atoms with van der Waals surface area (Å²) in [6, 6.07) is 0. The van der Waals surface area contributed by atoms with E-state index in [1.165, 1.54) is 11.1 Å². The van der Waals surface area contributed by atoms with E-state index in [1.54, 1.807) is 0 Å². The van der Waals surface area contributed by atoms with Gasteiger partial charge in [0.25, 0.3) is 0 Å². The van der Waals surface area contributed by atoms with Gasteiger partial charge in [-0.2, -0.15) is 0 Å². The van der Waals surface area contributed by atoms with Crippen molar-refractivity contribution >= 4 is 0 Å². The lowest BCUT2D eigenvalue weighted by Crippen LogP contribution is -2.18. The van der Waals surface area contributed by atoms with Gasteiger partial charge in [0.2, 0.25) is 0 Å². The lowest BCUT2D eigenvalue weighted by atomic mass is 9.86. The Balaban J connectivity index is 2.90. The van der Waals surface area contributed by atoms with Gasteiger partial charge in [-0.15, -0.1) is 0 Å². The van der Waals surface area contributed by atoms with Crippen LogP contribution in [-0.4, -0.2) is 22.9 Å². The zero-order chi connectivity index (χ0) is 16.5. The Morgan fingerprint density at radius 2 is 1.82 bits per heavy atom. The highest BCUT2D eigenvalue weighted by atomic mass is 16.3. The molecule has 0 unspecified atom stereocenters. The van der Waals surface area contributed by atoms with Gasteiger partial charge in [0.1, 0.15) is 0 Å². The van der Waals surface area contributed by atoms with Crippen LogP contribution in [0.5, 0.6) is 0 Å². The highest BCUT2D eigenvalue weighted by Crippen LogP contribution is 2.26. The molecule has 0 aromatic carbocycles. The summed E-state index contributed by atoms with van der Waals surface area (Å²) in [4.78, 5) is 0. The van der Waals surface area contributed by atoms with Crippen LogP contribution in [0.25, 0.3) is 0 Å². The number of hydrogen-bond donors (Lipinski definition) is 2. The predicted molar refractivity (Wildman–Crippen MR) is 94.7 cm³/mol. The lowest BCUT2D eigenvalue weighted by molar-refractivity contribution is 0.175. The molecule has 0 saturated carbocycles. The Morgan fingerprint density at radius 3 is 2.50 bits per heavy atom. The fourth-order valence-corrected chi connectivity index (χ4v) is 2.81. The number of aliphatic hydroxyl groups excluding tert-OH is 2. The Labute approximate surface area is 135 Å². The third kappa shape index (κ3) is 6.76. The first-order valence-electron chi connectivity index (χ1n) is 8.38. The van der Waals surface area contributed by atoms with Gasteiger partial charge in [-0.1, -0.05) is 36.0 Å². The molecule has 124 valence electrons. The minimum absolute atomic E-state index is 0.00480. The summed E-state index contributed by atoms with van der Waals surface area (Å²) in [6.07, 6.45) is 11.9. The predicted octanol–water partition coefficient (Wildman–Crippen LogP) is 4.71. The van der Waals surface area contributed by atoms with Crippen LogP contribution in [0.15, 0.2) is 47.1 Å². The maximum atomic E-state index is 10.4. The molecule has 0 bridgehead atoms. The van der Waals surface area contributed by atoms with Gasteiger partial charge in [-0.25, -0.2) is 0 Å². The number of hydrogen-bond acceptors (Lipinski definition) is 2. The van der Waals surface area contributed by atoms with Crippen LogP contribution in [0.2, 0.25) is 0 Å². The molecular weight excluding hydrogens is 272 g/mol. The van der Waals surface area contributed by atoms with Crippen LogP contribution >= 0.6 is 0 Å². The van der Waals surface area contributed by atoms with Crippen molar-refractivity contribution in [1.29, 1.82) is 0 Å². The van der Waals surface area contributed by atoms with E-state index in [0.29, 0.717) is 6.42 Å². The van der Waals surface area contributed by atoms with E-state index >= 15 is 0 Å². The van der Waals surface area contributed by atoms with Crippen LogP contribution < -0.4 is 0 Å². The molecule has 1 rings (SSSR count). The van der Waals surface area contributed by atoms with E-state index in [1.807, 2.05) is 6.92 Å². The van der Waals surface area contributed by atoms with Crippen molar-refractivity contribution in [3.8, 4) is 0 Å². The molecule has 0 aliphatic heterocycles. The molecule has 0 radical (unpaired) electrons. The highest BCUT2D eigenvalue weighted by Gasteiger charge is 2.18. The van der Waals surface area contributed by atoms with Gasteiger partial charge < -0.3 is 10.2 Å². The van der Waals surface area contributed by atoms with E-state index < -0.39 is 6.10 Å². The van der Waals surface area contributed by atoms with Gasteiger partial charge in [-0.3, -0.25) is 0 Å². The maximum Gasteiger partial charge on any atom is 0.0753 e. The Hall–Kier alpha value is -1.12. The van der Waals surface area contributed by atoms with Crippen molar-refractivity contribution in [1.82, 2.24) is 0 Å². The monoisotopic (exact) mass is 304 g/mol. The summed E-state index contributed by atoms with van der Waals surface area (Å²) in [5.74, 6) is 0.173. The van der Waals surface area contributed by atoms with Crippen molar-refractivity contribution in [2.24, 2.45) is 5.92 Å². The Bertz CT molecular complexity index is 454. The first-order valence-corrected chi connectivity index (χ1v) is 8.38. The minimum Gasteiger partial charge on any atom is -0.392 e. The van der Waals surface area contributed by atoms with Gasteiger partial charge in [0.05, 0.1) is 12.7 Å². The second-order valence-corrected chi connectivity index (χ2v) is 6.63. The normalized spacial score (nSPS) is 32.7. The van der Waals surface area contributed by atoms with E-state index in [2.05, 4.69) is 38.7 Å². The Morgan fingerprint density at radius 1 is 1.14 bits per heavy atom. The van der Waals surface area contributed by atoms with Gasteiger partial charge in [0, 0.05) is 0 Å². The van der Waals surface area contributed by atoms with E-state index in [-0.39, 0.29) is 12.5 Å². The van der Waals surface area contributed by atoms with Crippen LogP contribution in [0.4, 0.5) is 0 Å². The van der Waals surface area contributed by atoms with Crippen LogP contribution in [0, 0.1) is 5.92 Å². The summed E-state index contributed by atoms with van der Waals surface area (Å²) in [5.41, 5.74) is 4.65. The smallest absolute Gasteiger partial charge is 0.0753 e. The number of rotatable bonds is 2. The van der Waals surface area contributed by atoms with E-state index in [0.717, 1.165) is 43.3 Å². The van der Waals surface area contributed by atoms with Gasteiger partial charge in [0.15, 0.2) is 0 Å². The summed E-state index contributed by atoms with van der Waals surface area (Å²) in [5, 5.41) is 19.8. The average Bonchev–Trinajstić information content (AvgIpc) is 2.49. The molecular formula is C20H32O2. The second-order valence-electron chi connectivity index (χ2n) is 6.63. The SMILES string of the molecule is C=C(CO)[C@H]1CC/C(C)=C/CC/C(C)=C/C/C=C(\C)[C@H](O)C1. The topological polar surface area (TPSA) is 40.5 Å². The van der Waals surface area contributed by atoms with Crippen molar-refractivity contribution in [2.45, 2.75) is 65.4 Å². The number of allylic oxidation sites excluding steroid dienone is 5. The standard InChI is InChI=1S/C20H32O2/c1-15-7-5-8-16(2)11-12-19(18(4)14-21)13-20(22)17(3)10-6-9-15/h8-10,19-22H,4-7,11-14H2,1-3H3/b15-9+,16-8+,17-10+/t19-,20+/m0/s1. The molecule has 0 aromatic heterocycles. The quantitative estimate of drug-likeness (QED) is 0.726. The lowest BCUT2D eigenvalue weighted by Gasteiger charge is -2.22. The molecule has 0 fully saturated rings. The van der Waals surface area contributed by atoms with Crippen molar-refractivity contribution in [3.63, 3.8) is 0 Å². The molecule has 0 amide bonds. The first kappa shape index (κ1) is 18.9. The molecule has 22 heavy (non-hydrogen) atoms. The molecule has 0 heterocycles. The maximum absolute atomic E-state index is 10.4. The van der Waals surface area contributed by atoms with Gasteiger partial charge in [-0.05, 0) is 76.4 Å². The van der Waals surface area contributed by atoms with Crippen molar-refractivity contribution < 1.29 is 10.2 Å². The molecule has 2 N–H and O–H groups in total. The zero-order valence-electron chi connectivity index (χ0n) is 14.4. The zero-order valence-corrected chi connectivity index (χ0v) is 14.4. The average molecular weight is 304 g/mol. The molecule has 2 heteroatoms. The molecule has 0 aromatic rings. The first-order chi connectivity index (χ1) is 10.4. The summed E-state index contributed by atoms with van der Waals surface area (Å²) in [6.45, 7) is 10.3. The number of aliphatic hydroxyl groups is 2. The molecule has 2 atom stereocenters. The fraction of sp³-hybridized carbons (Fsp3) is 0.600. The second kappa shape index (κ2) is 9.81. The van der Waals surface area contributed by atoms with E-state index in [4.69, 9.17) is 0 Å². The highest BCUT2D eigenvalue weighted by molar-refractivity contribution is 5.13. The molecule has 0 spiro atoms. The summed E-state index contributed by atoms with van der Waals surface area (Å²) in [7, 11) is 0. The largest absolute Gasteiger partial charge is 0.392 e. The van der Waals surface area contributed by atoms with Crippen LogP contribution in [-0.2, 0) is 0 Å². The minimum atomic E-state index is -0.450. The molecule has 1 aliphatic carbocycles. The summed E-state index contributed by atoms with van der Waals surface area (Å²) >= 11 is 0. The molecule has 1 aliphatic rings. The fourth-order valence-electron chi connectivity index (χ4n) is 2.81. The van der Waals surface area contributed by atoms with E-state index in [9.17, 15) is 10.2 Å². The van der Waals surface area contributed by atoms with Crippen LogP contribution in [0.1, 0.15) is 59.3 Å². The summed E-state index contributed by atoms with van der Waals surface area (Å²) < 4.78 is 0.